The van der Waals surface area contributed by atoms with Gasteiger partial charge in [0.1, 0.15) is 0 Å². The number of carbonyl (C=O) groups excluding carboxylic acids is 1. The van der Waals surface area contributed by atoms with Gasteiger partial charge in [-0.2, -0.15) is 0 Å². The van der Waals surface area contributed by atoms with Crippen LogP contribution in [0.15, 0.2) is 11.6 Å². The average Bonchev–Trinajstić information content (AvgIpc) is 3.04. The Hall–Kier alpha value is -0.830. The molecule has 3 fully saturated rings. The van der Waals surface area contributed by atoms with Gasteiger partial charge in [-0.15, -0.1) is 0 Å². The molecule has 4 aliphatic rings. The van der Waals surface area contributed by atoms with E-state index in [2.05, 4.69) is 19.9 Å². The molecule has 3 saturated carbocycles. The second kappa shape index (κ2) is 7.78. The van der Waals surface area contributed by atoms with Crippen LogP contribution >= 0.6 is 0 Å². The third-order valence-electron chi connectivity index (χ3n) is 9.63. The third kappa shape index (κ3) is 3.07. The molecule has 7 atom stereocenters. The summed E-state index contributed by atoms with van der Waals surface area (Å²) in [7, 11) is 3.41. The van der Waals surface area contributed by atoms with Crippen molar-refractivity contribution in [3.63, 3.8) is 0 Å². The zero-order chi connectivity index (χ0) is 19.9. The van der Waals surface area contributed by atoms with E-state index in [1.54, 1.807) is 5.57 Å². The van der Waals surface area contributed by atoms with Crippen molar-refractivity contribution in [3.05, 3.63) is 11.6 Å². The maximum absolute atomic E-state index is 11.6. The maximum atomic E-state index is 11.6. The second-order valence-electron chi connectivity index (χ2n) is 10.5. The van der Waals surface area contributed by atoms with Crippen molar-refractivity contribution in [2.75, 3.05) is 14.2 Å². The first-order valence-corrected chi connectivity index (χ1v) is 11.8. The van der Waals surface area contributed by atoms with E-state index in [0.29, 0.717) is 17.8 Å². The number of hydrogen-bond acceptors (Lipinski definition) is 3. The van der Waals surface area contributed by atoms with Crippen molar-refractivity contribution < 1.29 is 14.3 Å². The lowest BCUT2D eigenvalue weighted by molar-refractivity contribution is -0.140. The normalized spacial score (nSPS) is 44.9. The summed E-state index contributed by atoms with van der Waals surface area (Å²) in [5, 5.41) is 0. The van der Waals surface area contributed by atoms with Crippen LogP contribution < -0.4 is 0 Å². The molecule has 0 aromatic rings. The van der Waals surface area contributed by atoms with Crippen molar-refractivity contribution in [3.8, 4) is 0 Å². The summed E-state index contributed by atoms with van der Waals surface area (Å²) in [6.07, 6.45) is 16.5. The van der Waals surface area contributed by atoms with Gasteiger partial charge in [0.25, 0.3) is 0 Å². The van der Waals surface area contributed by atoms with Crippen LogP contribution in [0.3, 0.4) is 0 Å². The standard InChI is InChI=1S/C25H40O3/c1-24-15-6-5-8-17(24)11-13-19-20-14-12-18(9-7-10-23(26)28-4)25(20,2)22(27-3)16-21(19)24/h16-20,22H,5-15H2,1-4H3. The topological polar surface area (TPSA) is 35.5 Å². The van der Waals surface area contributed by atoms with Crippen LogP contribution in [0, 0.1) is 34.5 Å². The van der Waals surface area contributed by atoms with Crippen LogP contribution in [0.4, 0.5) is 0 Å². The smallest absolute Gasteiger partial charge is 0.305 e. The van der Waals surface area contributed by atoms with Crippen molar-refractivity contribution in [1.82, 2.24) is 0 Å². The Kier molecular flexibility index (Phi) is 5.68. The molecule has 0 aromatic heterocycles. The lowest BCUT2D eigenvalue weighted by Crippen LogP contribution is -2.52. The zero-order valence-electron chi connectivity index (χ0n) is 18.5. The number of allylic oxidation sites excluding steroid dienone is 1. The molecule has 0 saturated heterocycles. The first-order valence-electron chi connectivity index (χ1n) is 11.8. The Bertz CT molecular complexity index is 625. The van der Waals surface area contributed by atoms with Crippen LogP contribution in [0.2, 0.25) is 0 Å². The average molecular weight is 389 g/mol. The molecule has 0 bridgehead atoms. The van der Waals surface area contributed by atoms with Crippen molar-refractivity contribution >= 4 is 5.97 Å². The van der Waals surface area contributed by atoms with Gasteiger partial charge in [-0.05, 0) is 80.5 Å². The quantitative estimate of drug-likeness (QED) is 0.433. The predicted octanol–water partition coefficient (Wildman–Crippen LogP) is 5.92. The van der Waals surface area contributed by atoms with Crippen LogP contribution in [-0.4, -0.2) is 26.3 Å². The fraction of sp³-hybridized carbons (Fsp3) is 0.880. The van der Waals surface area contributed by atoms with Gasteiger partial charge < -0.3 is 9.47 Å². The highest BCUT2D eigenvalue weighted by Crippen LogP contribution is 2.66. The van der Waals surface area contributed by atoms with Crippen LogP contribution in [-0.2, 0) is 14.3 Å². The molecule has 4 aliphatic carbocycles. The predicted molar refractivity (Wildman–Crippen MR) is 112 cm³/mol. The number of methoxy groups -OCH3 is 2. The molecule has 0 N–H and O–H groups in total. The van der Waals surface area contributed by atoms with Crippen molar-refractivity contribution in [1.29, 1.82) is 0 Å². The lowest BCUT2D eigenvalue weighted by atomic mass is 9.48. The van der Waals surface area contributed by atoms with Gasteiger partial charge in [-0.25, -0.2) is 0 Å². The Balaban J connectivity index is 1.59. The molecule has 28 heavy (non-hydrogen) atoms. The minimum Gasteiger partial charge on any atom is -0.469 e. The third-order valence-corrected chi connectivity index (χ3v) is 9.63. The maximum Gasteiger partial charge on any atom is 0.305 e. The molecular weight excluding hydrogens is 348 g/mol. The summed E-state index contributed by atoms with van der Waals surface area (Å²) < 4.78 is 11.0. The van der Waals surface area contributed by atoms with Gasteiger partial charge in [0.2, 0.25) is 0 Å². The van der Waals surface area contributed by atoms with Crippen molar-refractivity contribution in [2.24, 2.45) is 34.5 Å². The summed E-state index contributed by atoms with van der Waals surface area (Å²) in [6.45, 7) is 5.08. The Morgan fingerprint density at radius 2 is 1.93 bits per heavy atom. The molecule has 0 amide bonds. The number of carbonyl (C=O) groups is 1. The molecule has 0 heterocycles. The van der Waals surface area contributed by atoms with E-state index in [-0.39, 0.29) is 17.5 Å². The van der Waals surface area contributed by atoms with Gasteiger partial charge in [-0.3, -0.25) is 4.79 Å². The molecule has 0 spiro atoms. The molecule has 0 radical (unpaired) electrons. The van der Waals surface area contributed by atoms with Crippen LogP contribution in [0.5, 0.6) is 0 Å². The summed E-state index contributed by atoms with van der Waals surface area (Å²) in [5.41, 5.74) is 2.41. The van der Waals surface area contributed by atoms with E-state index in [0.717, 1.165) is 30.6 Å². The summed E-state index contributed by atoms with van der Waals surface area (Å²) >= 11 is 0. The second-order valence-corrected chi connectivity index (χ2v) is 10.5. The fourth-order valence-electron chi connectivity index (χ4n) is 8.04. The molecule has 158 valence electrons. The highest BCUT2D eigenvalue weighted by molar-refractivity contribution is 5.68. The molecule has 0 aromatic carbocycles. The van der Waals surface area contributed by atoms with E-state index >= 15 is 0 Å². The van der Waals surface area contributed by atoms with Gasteiger partial charge in [-0.1, -0.05) is 38.3 Å². The fourth-order valence-corrected chi connectivity index (χ4v) is 8.04. The first-order chi connectivity index (χ1) is 13.4. The number of hydrogen-bond donors (Lipinski definition) is 0. The van der Waals surface area contributed by atoms with E-state index in [1.165, 1.54) is 58.5 Å². The molecule has 7 unspecified atom stereocenters. The monoisotopic (exact) mass is 388 g/mol. The van der Waals surface area contributed by atoms with E-state index < -0.39 is 0 Å². The summed E-state index contributed by atoms with van der Waals surface area (Å²) in [5.74, 6) is 2.99. The van der Waals surface area contributed by atoms with Gasteiger partial charge >= 0.3 is 5.97 Å². The van der Waals surface area contributed by atoms with Gasteiger partial charge in [0, 0.05) is 18.9 Å². The van der Waals surface area contributed by atoms with Gasteiger partial charge in [0.15, 0.2) is 0 Å². The zero-order valence-corrected chi connectivity index (χ0v) is 18.5. The Morgan fingerprint density at radius 1 is 1.11 bits per heavy atom. The molecular formula is C25H40O3. The first kappa shape index (κ1) is 20.4. The minimum absolute atomic E-state index is 0.0719. The lowest BCUT2D eigenvalue weighted by Gasteiger charge is -2.58. The SMILES string of the molecule is COC(=O)CCCC1CCC2C3CCC4CCCCC4(C)C3=CC(OC)C12C. The largest absolute Gasteiger partial charge is 0.469 e. The molecule has 3 heteroatoms. The highest BCUT2D eigenvalue weighted by atomic mass is 16.5. The minimum atomic E-state index is -0.0719. The molecule has 0 aliphatic heterocycles. The van der Waals surface area contributed by atoms with E-state index in [9.17, 15) is 4.79 Å². The van der Waals surface area contributed by atoms with Crippen LogP contribution in [0.1, 0.15) is 84.5 Å². The van der Waals surface area contributed by atoms with Crippen LogP contribution in [0.25, 0.3) is 0 Å². The number of rotatable bonds is 5. The molecule has 3 nitrogen and oxygen atoms in total. The van der Waals surface area contributed by atoms with Gasteiger partial charge in [0.05, 0.1) is 13.2 Å². The summed E-state index contributed by atoms with van der Waals surface area (Å²) in [4.78, 5) is 11.6. The number of esters is 1. The highest BCUT2D eigenvalue weighted by Gasteiger charge is 2.59. The van der Waals surface area contributed by atoms with Crippen molar-refractivity contribution in [2.45, 2.75) is 90.6 Å². The van der Waals surface area contributed by atoms with E-state index in [1.807, 2.05) is 7.11 Å². The Labute approximate surface area is 171 Å². The Morgan fingerprint density at radius 3 is 2.68 bits per heavy atom. The summed E-state index contributed by atoms with van der Waals surface area (Å²) in [6, 6.07) is 0. The number of ether oxygens (including phenoxy) is 2. The van der Waals surface area contributed by atoms with E-state index in [4.69, 9.17) is 9.47 Å². The number of fused-ring (bicyclic) bond motifs is 5. The molecule has 4 rings (SSSR count).